The highest BCUT2D eigenvalue weighted by Crippen LogP contribution is 2.18. The average molecular weight is 347 g/mol. The van der Waals surface area contributed by atoms with E-state index in [1.807, 2.05) is 13.8 Å². The van der Waals surface area contributed by atoms with Crippen LogP contribution in [-0.2, 0) is 4.79 Å². The maximum Gasteiger partial charge on any atom is 0.251 e. The Kier molecular flexibility index (Phi) is 7.25. The van der Waals surface area contributed by atoms with Gasteiger partial charge >= 0.3 is 0 Å². The quantitative estimate of drug-likeness (QED) is 0.701. The van der Waals surface area contributed by atoms with Crippen LogP contribution in [0.1, 0.15) is 43.5 Å². The van der Waals surface area contributed by atoms with Crippen molar-refractivity contribution in [3.8, 4) is 5.75 Å². The molecular formula is C19H29N3O3. The van der Waals surface area contributed by atoms with Crippen LogP contribution in [0.2, 0.25) is 0 Å². The summed E-state index contributed by atoms with van der Waals surface area (Å²) in [6.45, 7) is 5.75. The van der Waals surface area contributed by atoms with Crippen LogP contribution < -0.4 is 20.7 Å². The minimum absolute atomic E-state index is 0.0922. The van der Waals surface area contributed by atoms with Gasteiger partial charge in [-0.15, -0.1) is 0 Å². The highest BCUT2D eigenvalue weighted by Gasteiger charge is 2.31. The van der Waals surface area contributed by atoms with E-state index in [1.165, 1.54) is 0 Å². The molecule has 2 amide bonds. The fourth-order valence-corrected chi connectivity index (χ4v) is 2.98. The summed E-state index contributed by atoms with van der Waals surface area (Å²) in [5.74, 6) is 0.516. The Morgan fingerprint density at radius 1 is 1.20 bits per heavy atom. The van der Waals surface area contributed by atoms with Crippen molar-refractivity contribution in [2.45, 2.75) is 45.2 Å². The summed E-state index contributed by atoms with van der Waals surface area (Å²) < 4.78 is 5.12. The lowest BCUT2D eigenvalue weighted by atomic mass is 9.89. The monoisotopic (exact) mass is 347 g/mol. The van der Waals surface area contributed by atoms with E-state index in [-0.39, 0.29) is 23.8 Å². The zero-order valence-electron chi connectivity index (χ0n) is 15.3. The second-order valence-corrected chi connectivity index (χ2v) is 6.58. The van der Waals surface area contributed by atoms with Crippen molar-refractivity contribution in [2.24, 2.45) is 5.92 Å². The molecule has 1 fully saturated rings. The SMILES string of the molecule is CCC(C)NC(=O)C(NC(=O)c1ccc(OC)cc1)C1CCNCC1. The van der Waals surface area contributed by atoms with E-state index in [2.05, 4.69) is 16.0 Å². The van der Waals surface area contributed by atoms with Crippen LogP contribution in [0.5, 0.6) is 5.75 Å². The predicted molar refractivity (Wildman–Crippen MR) is 97.7 cm³/mol. The van der Waals surface area contributed by atoms with E-state index in [0.29, 0.717) is 11.3 Å². The third kappa shape index (κ3) is 5.46. The Morgan fingerprint density at radius 3 is 2.40 bits per heavy atom. The molecule has 1 heterocycles. The van der Waals surface area contributed by atoms with Gasteiger partial charge in [-0.1, -0.05) is 6.92 Å². The molecule has 6 nitrogen and oxygen atoms in total. The standard InChI is InChI=1S/C19H29N3O3/c1-4-13(2)21-19(24)17(14-9-11-20-12-10-14)22-18(23)15-5-7-16(25-3)8-6-15/h5-8,13-14,17,20H,4,9-12H2,1-3H3,(H,21,24)(H,22,23). The summed E-state index contributed by atoms with van der Waals surface area (Å²) in [7, 11) is 1.58. The van der Waals surface area contributed by atoms with Gasteiger partial charge in [0, 0.05) is 11.6 Å². The summed E-state index contributed by atoms with van der Waals surface area (Å²) in [5, 5.41) is 9.26. The number of carbonyl (C=O) groups is 2. The Labute approximate surface area is 149 Å². The Balaban J connectivity index is 2.10. The summed E-state index contributed by atoms with van der Waals surface area (Å²) in [5.41, 5.74) is 0.524. The molecule has 6 heteroatoms. The van der Waals surface area contributed by atoms with Crippen LogP contribution in [0.25, 0.3) is 0 Å². The molecule has 0 spiro atoms. The molecule has 0 aromatic heterocycles. The second kappa shape index (κ2) is 9.42. The first-order valence-corrected chi connectivity index (χ1v) is 9.01. The van der Waals surface area contributed by atoms with E-state index >= 15 is 0 Å². The molecule has 0 saturated carbocycles. The third-order valence-electron chi connectivity index (χ3n) is 4.78. The zero-order chi connectivity index (χ0) is 18.2. The highest BCUT2D eigenvalue weighted by atomic mass is 16.5. The molecule has 1 saturated heterocycles. The second-order valence-electron chi connectivity index (χ2n) is 6.58. The van der Waals surface area contributed by atoms with Gasteiger partial charge < -0.3 is 20.7 Å². The van der Waals surface area contributed by atoms with Gasteiger partial charge in [0.1, 0.15) is 11.8 Å². The van der Waals surface area contributed by atoms with Gasteiger partial charge in [0.2, 0.25) is 5.91 Å². The Bertz CT molecular complexity index is 568. The molecule has 2 rings (SSSR count). The van der Waals surface area contributed by atoms with Crippen LogP contribution >= 0.6 is 0 Å². The van der Waals surface area contributed by atoms with Crippen molar-refractivity contribution >= 4 is 11.8 Å². The van der Waals surface area contributed by atoms with Gasteiger partial charge in [-0.25, -0.2) is 0 Å². The minimum Gasteiger partial charge on any atom is -0.497 e. The van der Waals surface area contributed by atoms with Gasteiger partial charge in [0.15, 0.2) is 0 Å². The van der Waals surface area contributed by atoms with Crippen molar-refractivity contribution in [3.05, 3.63) is 29.8 Å². The molecule has 2 unspecified atom stereocenters. The fourth-order valence-electron chi connectivity index (χ4n) is 2.98. The number of amides is 2. The Hall–Kier alpha value is -2.08. The van der Waals surface area contributed by atoms with E-state index < -0.39 is 6.04 Å². The van der Waals surface area contributed by atoms with Crippen LogP contribution in [-0.4, -0.2) is 44.1 Å². The summed E-state index contributed by atoms with van der Waals surface area (Å²) in [4.78, 5) is 25.3. The number of piperidine rings is 1. The van der Waals surface area contributed by atoms with E-state index in [9.17, 15) is 9.59 Å². The molecule has 1 aromatic rings. The normalized spacial score (nSPS) is 17.4. The van der Waals surface area contributed by atoms with Gasteiger partial charge in [-0.3, -0.25) is 9.59 Å². The summed E-state index contributed by atoms with van der Waals surface area (Å²) in [6.07, 6.45) is 2.61. The Morgan fingerprint density at radius 2 is 1.84 bits per heavy atom. The van der Waals surface area contributed by atoms with E-state index in [4.69, 9.17) is 4.74 Å². The number of hydrogen-bond acceptors (Lipinski definition) is 4. The topological polar surface area (TPSA) is 79.5 Å². The van der Waals surface area contributed by atoms with Crippen LogP contribution in [0.4, 0.5) is 0 Å². The van der Waals surface area contributed by atoms with Gasteiger partial charge in [-0.05, 0) is 69.5 Å². The third-order valence-corrected chi connectivity index (χ3v) is 4.78. The molecular weight excluding hydrogens is 318 g/mol. The molecule has 2 atom stereocenters. The molecule has 3 N–H and O–H groups in total. The highest BCUT2D eigenvalue weighted by molar-refractivity contribution is 5.97. The molecule has 1 aliphatic heterocycles. The lowest BCUT2D eigenvalue weighted by Gasteiger charge is -2.31. The summed E-state index contributed by atoms with van der Waals surface area (Å²) >= 11 is 0. The number of methoxy groups -OCH3 is 1. The van der Waals surface area contributed by atoms with Crippen LogP contribution in [0.3, 0.4) is 0 Å². The molecule has 0 aliphatic carbocycles. The minimum atomic E-state index is -0.509. The molecule has 138 valence electrons. The lowest BCUT2D eigenvalue weighted by molar-refractivity contribution is -0.125. The molecule has 0 radical (unpaired) electrons. The number of rotatable bonds is 7. The molecule has 1 aromatic carbocycles. The smallest absolute Gasteiger partial charge is 0.251 e. The maximum atomic E-state index is 12.7. The number of ether oxygens (including phenoxy) is 1. The molecule has 0 bridgehead atoms. The van der Waals surface area contributed by atoms with E-state index in [0.717, 1.165) is 32.4 Å². The van der Waals surface area contributed by atoms with Crippen molar-refractivity contribution in [2.75, 3.05) is 20.2 Å². The first-order valence-electron chi connectivity index (χ1n) is 9.01. The van der Waals surface area contributed by atoms with E-state index in [1.54, 1.807) is 31.4 Å². The average Bonchev–Trinajstić information content (AvgIpc) is 2.66. The molecule has 25 heavy (non-hydrogen) atoms. The van der Waals surface area contributed by atoms with Crippen molar-refractivity contribution < 1.29 is 14.3 Å². The van der Waals surface area contributed by atoms with Gasteiger partial charge in [-0.2, -0.15) is 0 Å². The van der Waals surface area contributed by atoms with Crippen molar-refractivity contribution in [1.29, 1.82) is 0 Å². The lowest BCUT2D eigenvalue weighted by Crippen LogP contribution is -2.54. The van der Waals surface area contributed by atoms with Gasteiger partial charge in [0.05, 0.1) is 7.11 Å². The fraction of sp³-hybridized carbons (Fsp3) is 0.579. The van der Waals surface area contributed by atoms with Gasteiger partial charge in [0.25, 0.3) is 5.91 Å². The largest absolute Gasteiger partial charge is 0.497 e. The van der Waals surface area contributed by atoms with Crippen molar-refractivity contribution in [1.82, 2.24) is 16.0 Å². The first kappa shape index (κ1) is 19.2. The summed E-state index contributed by atoms with van der Waals surface area (Å²) in [6, 6.07) is 6.49. The number of benzene rings is 1. The zero-order valence-corrected chi connectivity index (χ0v) is 15.3. The number of hydrogen-bond donors (Lipinski definition) is 3. The van der Waals surface area contributed by atoms with Crippen molar-refractivity contribution in [3.63, 3.8) is 0 Å². The number of carbonyl (C=O) groups excluding carboxylic acids is 2. The van der Waals surface area contributed by atoms with Crippen LogP contribution in [0.15, 0.2) is 24.3 Å². The predicted octanol–water partition coefficient (Wildman–Crippen LogP) is 1.71. The first-order chi connectivity index (χ1) is 12.0. The molecule has 1 aliphatic rings. The number of nitrogens with one attached hydrogen (secondary N) is 3. The maximum absolute atomic E-state index is 12.7. The van der Waals surface area contributed by atoms with Crippen LogP contribution in [0, 0.1) is 5.92 Å².